The fourth-order valence-corrected chi connectivity index (χ4v) is 1.59. The van der Waals surface area contributed by atoms with E-state index in [0.29, 0.717) is 0 Å². The van der Waals surface area contributed by atoms with Crippen LogP contribution in [0.3, 0.4) is 0 Å². The van der Waals surface area contributed by atoms with Gasteiger partial charge < -0.3 is 0 Å². The number of rotatable bonds is 4. The van der Waals surface area contributed by atoms with E-state index in [2.05, 4.69) is 0 Å². The predicted octanol–water partition coefficient (Wildman–Crippen LogP) is 2.75. The van der Waals surface area contributed by atoms with E-state index in [1.54, 1.807) is 0 Å². The number of hydrogen-bond acceptors (Lipinski definition) is 5. The third kappa shape index (κ3) is 2.39. The highest BCUT2D eigenvalue weighted by Crippen LogP contribution is 2.36. The van der Waals surface area contributed by atoms with Gasteiger partial charge >= 0.3 is 5.69 Å². The number of benzene rings is 1. The number of nitro groups is 2. The minimum absolute atomic E-state index is 0.0506. The molecule has 0 unspecified atom stereocenters. The number of carbonyl (C=O) groups is 1. The Hall–Kier alpha value is -2.02. The normalized spacial score (nSPS) is 10.0. The van der Waals surface area contributed by atoms with E-state index >= 15 is 0 Å². The summed E-state index contributed by atoms with van der Waals surface area (Å²) in [5, 5.41) is 20.7. The molecule has 0 radical (unpaired) electrons. The van der Waals surface area contributed by atoms with Gasteiger partial charge in [0.25, 0.3) is 5.69 Å². The maximum atomic E-state index is 11.4. The highest BCUT2D eigenvalue weighted by molar-refractivity contribution is 6.35. The summed E-state index contributed by atoms with van der Waals surface area (Å²) in [5.74, 6) is -0.492. The third-order valence-corrected chi connectivity index (χ3v) is 2.47. The summed E-state index contributed by atoms with van der Waals surface area (Å²) in [6.45, 7) is 1.53. The Morgan fingerprint density at radius 3 is 2.29 bits per heavy atom. The number of Topliss-reactive ketones (excluding diaryl/α,β-unsaturated/α-hetero) is 1. The van der Waals surface area contributed by atoms with Gasteiger partial charge in [-0.25, -0.2) is 0 Å². The fraction of sp³-hybridized carbons (Fsp3) is 0.222. The molecule has 0 aliphatic carbocycles. The highest BCUT2D eigenvalue weighted by Gasteiger charge is 2.29. The Kier molecular flexibility index (Phi) is 3.74. The van der Waals surface area contributed by atoms with Crippen molar-refractivity contribution < 1.29 is 14.6 Å². The molecule has 0 aliphatic rings. The van der Waals surface area contributed by atoms with E-state index in [1.807, 2.05) is 0 Å². The second-order valence-corrected chi connectivity index (χ2v) is 3.46. The van der Waals surface area contributed by atoms with Crippen molar-refractivity contribution in [3.63, 3.8) is 0 Å². The van der Waals surface area contributed by atoms with Crippen LogP contribution in [0.5, 0.6) is 0 Å². The molecule has 0 heterocycles. The molecule has 17 heavy (non-hydrogen) atoms. The molecule has 0 aromatic heterocycles. The van der Waals surface area contributed by atoms with E-state index in [-0.39, 0.29) is 12.0 Å². The van der Waals surface area contributed by atoms with E-state index in [0.717, 1.165) is 12.1 Å². The number of hydrogen-bond donors (Lipinski definition) is 0. The van der Waals surface area contributed by atoms with Crippen LogP contribution in [0.15, 0.2) is 12.1 Å². The Labute approximate surface area is 100 Å². The molecule has 0 amide bonds. The first-order valence-electron chi connectivity index (χ1n) is 4.54. The molecule has 90 valence electrons. The third-order valence-electron chi connectivity index (χ3n) is 2.10. The van der Waals surface area contributed by atoms with E-state index in [1.165, 1.54) is 6.92 Å². The molecular weight excluding hydrogens is 252 g/mol. The molecule has 0 saturated heterocycles. The van der Waals surface area contributed by atoms with Crippen LogP contribution in [0.2, 0.25) is 5.02 Å². The summed E-state index contributed by atoms with van der Waals surface area (Å²) in [6.07, 6.45) is 0.0506. The molecular formula is C9H7ClN2O5. The average molecular weight is 259 g/mol. The monoisotopic (exact) mass is 258 g/mol. The molecule has 1 aromatic rings. The van der Waals surface area contributed by atoms with Gasteiger partial charge in [0.05, 0.1) is 15.4 Å². The zero-order valence-electron chi connectivity index (χ0n) is 8.68. The van der Waals surface area contributed by atoms with Crippen LogP contribution in [0.25, 0.3) is 0 Å². The van der Waals surface area contributed by atoms with Gasteiger partial charge in [-0.3, -0.25) is 25.0 Å². The smallest absolute Gasteiger partial charge is 0.294 e. The summed E-state index contributed by atoms with van der Waals surface area (Å²) < 4.78 is 0. The fourth-order valence-electron chi connectivity index (χ4n) is 1.29. The summed E-state index contributed by atoms with van der Waals surface area (Å²) in [5.41, 5.74) is -1.52. The number of halogens is 1. The summed E-state index contributed by atoms with van der Waals surface area (Å²) >= 11 is 5.57. The Morgan fingerprint density at radius 1 is 1.29 bits per heavy atom. The van der Waals surface area contributed by atoms with Crippen LogP contribution < -0.4 is 0 Å². The molecule has 0 fully saturated rings. The largest absolute Gasteiger partial charge is 0.305 e. The molecule has 0 aliphatic heterocycles. The average Bonchev–Trinajstić information content (AvgIpc) is 2.26. The van der Waals surface area contributed by atoms with Crippen LogP contribution in [0.1, 0.15) is 23.7 Å². The maximum absolute atomic E-state index is 11.4. The van der Waals surface area contributed by atoms with Gasteiger partial charge in [-0.2, -0.15) is 0 Å². The number of nitro benzene ring substituents is 2. The molecule has 0 atom stereocenters. The van der Waals surface area contributed by atoms with Crippen molar-refractivity contribution in [3.8, 4) is 0 Å². The molecule has 0 bridgehead atoms. The minimum Gasteiger partial charge on any atom is -0.294 e. The van der Waals surface area contributed by atoms with Crippen molar-refractivity contribution in [2.24, 2.45) is 0 Å². The number of nitrogens with zero attached hydrogens (tertiary/aromatic N) is 2. The number of ketones is 1. The first kappa shape index (κ1) is 13.0. The molecule has 1 aromatic carbocycles. The van der Waals surface area contributed by atoms with Crippen LogP contribution in [0, 0.1) is 20.2 Å². The lowest BCUT2D eigenvalue weighted by Gasteiger charge is -2.02. The summed E-state index contributed by atoms with van der Waals surface area (Å²) in [4.78, 5) is 31.1. The van der Waals surface area contributed by atoms with Gasteiger partial charge in [0.2, 0.25) is 0 Å². The highest BCUT2D eigenvalue weighted by atomic mass is 35.5. The molecule has 0 spiro atoms. The standard InChI is InChI=1S/C9H7ClN2O5/c1-2-7(13)5-3-4-6(11(14)15)8(10)9(5)12(16)17/h3-4H,2H2,1H3. The number of carbonyl (C=O) groups excluding carboxylic acids is 1. The van der Waals surface area contributed by atoms with Crippen molar-refractivity contribution in [2.45, 2.75) is 13.3 Å². The van der Waals surface area contributed by atoms with E-state index < -0.39 is 32.0 Å². The molecule has 0 saturated carbocycles. The van der Waals surface area contributed by atoms with Gasteiger partial charge in [0.1, 0.15) is 0 Å². The van der Waals surface area contributed by atoms with Crippen molar-refractivity contribution in [2.75, 3.05) is 0 Å². The second kappa shape index (κ2) is 4.88. The second-order valence-electron chi connectivity index (χ2n) is 3.09. The molecule has 8 heteroatoms. The Bertz CT molecular complexity index is 514. The van der Waals surface area contributed by atoms with Gasteiger partial charge in [-0.05, 0) is 6.07 Å². The van der Waals surface area contributed by atoms with Crippen molar-refractivity contribution in [1.82, 2.24) is 0 Å². The van der Waals surface area contributed by atoms with Crippen molar-refractivity contribution in [1.29, 1.82) is 0 Å². The van der Waals surface area contributed by atoms with Crippen LogP contribution in [-0.2, 0) is 0 Å². The van der Waals surface area contributed by atoms with Gasteiger partial charge in [0, 0.05) is 12.5 Å². The lowest BCUT2D eigenvalue weighted by molar-refractivity contribution is -0.394. The first-order valence-corrected chi connectivity index (χ1v) is 4.92. The molecule has 1 rings (SSSR count). The SMILES string of the molecule is CCC(=O)c1ccc([N+](=O)[O-])c(Cl)c1[N+](=O)[O-]. The van der Waals surface area contributed by atoms with Crippen LogP contribution >= 0.6 is 11.6 Å². The lowest BCUT2D eigenvalue weighted by Crippen LogP contribution is -2.04. The summed E-state index contributed by atoms with van der Waals surface area (Å²) in [6, 6.07) is 2.03. The van der Waals surface area contributed by atoms with E-state index in [4.69, 9.17) is 11.6 Å². The topological polar surface area (TPSA) is 103 Å². The van der Waals surface area contributed by atoms with Crippen LogP contribution in [-0.4, -0.2) is 15.6 Å². The molecule has 7 nitrogen and oxygen atoms in total. The van der Waals surface area contributed by atoms with Crippen molar-refractivity contribution >= 4 is 28.8 Å². The first-order chi connectivity index (χ1) is 7.90. The zero-order chi connectivity index (χ0) is 13.2. The Morgan fingerprint density at radius 2 is 1.88 bits per heavy atom. The summed E-state index contributed by atoms with van der Waals surface area (Å²) in [7, 11) is 0. The van der Waals surface area contributed by atoms with Gasteiger partial charge in [0.15, 0.2) is 10.8 Å². The van der Waals surface area contributed by atoms with Crippen molar-refractivity contribution in [3.05, 3.63) is 42.9 Å². The van der Waals surface area contributed by atoms with Gasteiger partial charge in [-0.15, -0.1) is 0 Å². The molecule has 0 N–H and O–H groups in total. The lowest BCUT2D eigenvalue weighted by atomic mass is 10.1. The van der Waals surface area contributed by atoms with Crippen LogP contribution in [0.4, 0.5) is 11.4 Å². The minimum atomic E-state index is -0.891. The van der Waals surface area contributed by atoms with E-state index in [9.17, 15) is 25.0 Å². The Balaban J connectivity index is 3.56. The maximum Gasteiger partial charge on any atom is 0.305 e. The quantitative estimate of drug-likeness (QED) is 0.469. The zero-order valence-corrected chi connectivity index (χ0v) is 9.43. The predicted molar refractivity (Wildman–Crippen MR) is 59.4 cm³/mol. The van der Waals surface area contributed by atoms with Gasteiger partial charge in [-0.1, -0.05) is 18.5 Å².